The van der Waals surface area contributed by atoms with Gasteiger partial charge < -0.3 is 0 Å². The number of aryl methyl sites for hydroxylation is 1. The van der Waals surface area contributed by atoms with Crippen LogP contribution in [0.2, 0.25) is 0 Å². The van der Waals surface area contributed by atoms with E-state index in [1.165, 1.54) is 18.6 Å². The second-order valence-electron chi connectivity index (χ2n) is 2.19. The first kappa shape index (κ1) is 7.72. The van der Waals surface area contributed by atoms with Gasteiger partial charge in [-0.3, -0.25) is 9.36 Å². The van der Waals surface area contributed by atoms with Gasteiger partial charge in [0.25, 0.3) is 5.56 Å². The standard InChI is InChI=1S/C8H10N2O/c1-2-3-6-10-7-9-5-4-8(10)11/h2,4-5,7H,1,3,6H2. The molecule has 0 saturated heterocycles. The molecule has 0 atom stereocenters. The molecule has 1 heterocycles. The van der Waals surface area contributed by atoms with Crippen molar-refractivity contribution >= 4 is 0 Å². The van der Waals surface area contributed by atoms with E-state index in [0.29, 0.717) is 6.54 Å². The van der Waals surface area contributed by atoms with Crippen molar-refractivity contribution in [3.63, 3.8) is 0 Å². The van der Waals surface area contributed by atoms with E-state index in [-0.39, 0.29) is 5.56 Å². The Balaban J connectivity index is 2.78. The van der Waals surface area contributed by atoms with Crippen LogP contribution in [0.3, 0.4) is 0 Å². The molecule has 11 heavy (non-hydrogen) atoms. The number of hydrogen-bond donors (Lipinski definition) is 0. The second-order valence-corrected chi connectivity index (χ2v) is 2.19. The molecule has 1 rings (SSSR count). The second kappa shape index (κ2) is 3.71. The molecule has 0 radical (unpaired) electrons. The van der Waals surface area contributed by atoms with Crippen LogP contribution < -0.4 is 5.56 Å². The van der Waals surface area contributed by atoms with Crippen LogP contribution >= 0.6 is 0 Å². The highest BCUT2D eigenvalue weighted by Crippen LogP contribution is 1.84. The molecule has 3 nitrogen and oxygen atoms in total. The maximum absolute atomic E-state index is 11.0. The van der Waals surface area contributed by atoms with Crippen molar-refractivity contribution in [2.45, 2.75) is 13.0 Å². The Morgan fingerprint density at radius 2 is 2.55 bits per heavy atom. The minimum atomic E-state index is -0.0122. The SMILES string of the molecule is C=CCCn1cnccc1=O. The molecule has 0 aliphatic rings. The summed E-state index contributed by atoms with van der Waals surface area (Å²) in [4.78, 5) is 14.8. The summed E-state index contributed by atoms with van der Waals surface area (Å²) in [6.45, 7) is 4.23. The van der Waals surface area contributed by atoms with E-state index in [1.54, 1.807) is 10.6 Å². The molecular formula is C8H10N2O. The third-order valence-electron chi connectivity index (χ3n) is 1.37. The van der Waals surface area contributed by atoms with Gasteiger partial charge in [0.2, 0.25) is 0 Å². The summed E-state index contributed by atoms with van der Waals surface area (Å²) < 4.78 is 1.56. The van der Waals surface area contributed by atoms with Gasteiger partial charge in [-0.25, -0.2) is 4.98 Å². The van der Waals surface area contributed by atoms with Crippen LogP contribution in [0.4, 0.5) is 0 Å². The normalized spacial score (nSPS) is 9.45. The average Bonchev–Trinajstić information content (AvgIpc) is 2.03. The van der Waals surface area contributed by atoms with E-state index in [2.05, 4.69) is 11.6 Å². The van der Waals surface area contributed by atoms with Crippen LogP contribution in [-0.4, -0.2) is 9.55 Å². The predicted octanol–water partition coefficient (Wildman–Crippen LogP) is 0.819. The van der Waals surface area contributed by atoms with Crippen LogP contribution in [0.25, 0.3) is 0 Å². The van der Waals surface area contributed by atoms with Crippen LogP contribution in [0.5, 0.6) is 0 Å². The first-order valence-electron chi connectivity index (χ1n) is 3.46. The van der Waals surface area contributed by atoms with Crippen molar-refractivity contribution in [1.82, 2.24) is 9.55 Å². The topological polar surface area (TPSA) is 34.9 Å². The number of aromatic nitrogens is 2. The Morgan fingerprint density at radius 3 is 3.18 bits per heavy atom. The molecule has 1 aromatic heterocycles. The largest absolute Gasteiger partial charge is 0.299 e. The van der Waals surface area contributed by atoms with E-state index in [0.717, 1.165) is 6.42 Å². The summed E-state index contributed by atoms with van der Waals surface area (Å²) in [5, 5.41) is 0. The van der Waals surface area contributed by atoms with Crippen molar-refractivity contribution in [2.24, 2.45) is 0 Å². The van der Waals surface area contributed by atoms with Crippen LogP contribution in [0.15, 0.2) is 36.0 Å². The highest BCUT2D eigenvalue weighted by atomic mass is 16.1. The summed E-state index contributed by atoms with van der Waals surface area (Å²) >= 11 is 0. The minimum Gasteiger partial charge on any atom is -0.299 e. The van der Waals surface area contributed by atoms with E-state index in [1.807, 2.05) is 0 Å². The van der Waals surface area contributed by atoms with Gasteiger partial charge >= 0.3 is 0 Å². The molecule has 0 spiro atoms. The first-order chi connectivity index (χ1) is 5.34. The number of nitrogens with zero attached hydrogens (tertiary/aromatic N) is 2. The molecule has 0 amide bonds. The lowest BCUT2D eigenvalue weighted by Gasteiger charge is -1.99. The van der Waals surface area contributed by atoms with Gasteiger partial charge in [0.1, 0.15) is 0 Å². The molecule has 0 fully saturated rings. The van der Waals surface area contributed by atoms with Crippen LogP contribution in [-0.2, 0) is 6.54 Å². The maximum Gasteiger partial charge on any atom is 0.253 e. The van der Waals surface area contributed by atoms with E-state index in [4.69, 9.17) is 0 Å². The zero-order valence-electron chi connectivity index (χ0n) is 6.23. The summed E-state index contributed by atoms with van der Waals surface area (Å²) in [6.07, 6.45) is 5.60. The van der Waals surface area contributed by atoms with Gasteiger partial charge in [-0.15, -0.1) is 6.58 Å². The lowest BCUT2D eigenvalue weighted by Crippen LogP contribution is -2.18. The molecule has 1 aromatic rings. The Morgan fingerprint density at radius 1 is 1.73 bits per heavy atom. The molecule has 0 aromatic carbocycles. The molecular weight excluding hydrogens is 140 g/mol. The van der Waals surface area contributed by atoms with Crippen molar-refractivity contribution < 1.29 is 0 Å². The first-order valence-corrected chi connectivity index (χ1v) is 3.46. The average molecular weight is 150 g/mol. The van der Waals surface area contributed by atoms with Crippen molar-refractivity contribution in [3.8, 4) is 0 Å². The molecule has 3 heteroatoms. The van der Waals surface area contributed by atoms with Gasteiger partial charge in [0, 0.05) is 18.8 Å². The Hall–Kier alpha value is -1.38. The molecule has 0 aliphatic heterocycles. The van der Waals surface area contributed by atoms with Gasteiger partial charge in [-0.1, -0.05) is 6.08 Å². The van der Waals surface area contributed by atoms with E-state index in [9.17, 15) is 4.79 Å². The van der Waals surface area contributed by atoms with Gasteiger partial charge in [-0.2, -0.15) is 0 Å². The van der Waals surface area contributed by atoms with Crippen molar-refractivity contribution in [3.05, 3.63) is 41.6 Å². The summed E-state index contributed by atoms with van der Waals surface area (Å²) in [6, 6.07) is 1.45. The quantitative estimate of drug-likeness (QED) is 0.598. The fraction of sp³-hybridized carbons (Fsp3) is 0.250. The Kier molecular flexibility index (Phi) is 2.60. The molecule has 0 N–H and O–H groups in total. The zero-order valence-corrected chi connectivity index (χ0v) is 6.23. The van der Waals surface area contributed by atoms with Gasteiger partial charge in [0.05, 0.1) is 6.33 Å². The Bertz CT molecular complexity index is 290. The summed E-state index contributed by atoms with van der Waals surface area (Å²) in [7, 11) is 0. The summed E-state index contributed by atoms with van der Waals surface area (Å²) in [5.74, 6) is 0. The lowest BCUT2D eigenvalue weighted by atomic mass is 10.4. The molecule has 0 unspecified atom stereocenters. The molecule has 58 valence electrons. The fourth-order valence-corrected chi connectivity index (χ4v) is 0.777. The predicted molar refractivity (Wildman–Crippen MR) is 43.3 cm³/mol. The third kappa shape index (κ3) is 2.04. The monoisotopic (exact) mass is 150 g/mol. The highest BCUT2D eigenvalue weighted by Gasteiger charge is 1.90. The number of rotatable bonds is 3. The van der Waals surface area contributed by atoms with Crippen molar-refractivity contribution in [1.29, 1.82) is 0 Å². The summed E-state index contributed by atoms with van der Waals surface area (Å²) in [5.41, 5.74) is -0.0122. The van der Waals surface area contributed by atoms with Crippen molar-refractivity contribution in [2.75, 3.05) is 0 Å². The van der Waals surface area contributed by atoms with Gasteiger partial charge in [-0.05, 0) is 6.42 Å². The Labute approximate surface area is 65.0 Å². The molecule has 0 bridgehead atoms. The molecule has 0 aliphatic carbocycles. The zero-order chi connectivity index (χ0) is 8.10. The maximum atomic E-state index is 11.0. The number of hydrogen-bond acceptors (Lipinski definition) is 2. The van der Waals surface area contributed by atoms with E-state index < -0.39 is 0 Å². The fourth-order valence-electron chi connectivity index (χ4n) is 0.777. The lowest BCUT2D eigenvalue weighted by molar-refractivity contribution is 0.665. The highest BCUT2D eigenvalue weighted by molar-refractivity contribution is 4.82. The number of allylic oxidation sites excluding steroid dienone is 1. The van der Waals surface area contributed by atoms with Crippen LogP contribution in [0.1, 0.15) is 6.42 Å². The molecule has 0 saturated carbocycles. The van der Waals surface area contributed by atoms with Crippen LogP contribution in [0, 0.1) is 0 Å². The smallest absolute Gasteiger partial charge is 0.253 e. The third-order valence-corrected chi connectivity index (χ3v) is 1.37. The van der Waals surface area contributed by atoms with E-state index >= 15 is 0 Å². The van der Waals surface area contributed by atoms with Gasteiger partial charge in [0.15, 0.2) is 0 Å². The minimum absolute atomic E-state index is 0.0122.